The smallest absolute Gasteiger partial charge is 0.348 e. The molecule has 216 valence electrons. The van der Waals surface area contributed by atoms with E-state index in [2.05, 4.69) is 10.3 Å². The van der Waals surface area contributed by atoms with Crippen molar-refractivity contribution in [3.63, 3.8) is 0 Å². The van der Waals surface area contributed by atoms with E-state index in [-0.39, 0.29) is 34.2 Å². The first kappa shape index (κ1) is 31.0. The Morgan fingerprint density at radius 3 is 2.30 bits per heavy atom. The number of rotatable bonds is 11. The van der Waals surface area contributed by atoms with Gasteiger partial charge in [0.25, 0.3) is 5.91 Å². The number of thiazole rings is 1. The zero-order valence-corrected chi connectivity index (χ0v) is 25.0. The summed E-state index contributed by atoms with van der Waals surface area (Å²) in [7, 11) is -2.70. The predicted octanol–water partition coefficient (Wildman–Crippen LogP) is 2.94. The van der Waals surface area contributed by atoms with E-state index in [1.807, 2.05) is 13.0 Å². The van der Waals surface area contributed by atoms with E-state index < -0.39 is 45.1 Å². The van der Waals surface area contributed by atoms with Gasteiger partial charge >= 0.3 is 11.9 Å². The summed E-state index contributed by atoms with van der Waals surface area (Å²) in [5, 5.41) is 2.31. The number of benzene rings is 1. The molecule has 3 rings (SSSR count). The van der Waals surface area contributed by atoms with Gasteiger partial charge in [0.05, 0.1) is 36.1 Å². The molecule has 0 saturated heterocycles. The molecule has 12 nitrogen and oxygen atoms in total. The van der Waals surface area contributed by atoms with Crippen LogP contribution in [0.4, 0.5) is 5.00 Å². The van der Waals surface area contributed by atoms with Crippen LogP contribution in [-0.2, 0) is 35.4 Å². The third-order valence-electron chi connectivity index (χ3n) is 5.46. The largest absolute Gasteiger partial charge is 0.497 e. The average molecular weight is 612 g/mol. The molecule has 0 spiro atoms. The number of nitrogens with one attached hydrogen (secondary N) is 1. The third kappa shape index (κ3) is 7.14. The highest BCUT2D eigenvalue weighted by atomic mass is 32.2. The van der Waals surface area contributed by atoms with Crippen molar-refractivity contribution >= 4 is 71.5 Å². The van der Waals surface area contributed by atoms with Crippen molar-refractivity contribution in [1.82, 2.24) is 4.57 Å². The fourth-order valence-corrected chi connectivity index (χ4v) is 7.01. The highest BCUT2D eigenvalue weighted by Gasteiger charge is 2.29. The summed E-state index contributed by atoms with van der Waals surface area (Å²) < 4.78 is 43.2. The number of hydrogen-bond donors (Lipinski definition) is 1. The highest BCUT2D eigenvalue weighted by Crippen LogP contribution is 2.34. The third-order valence-corrected chi connectivity index (χ3v) is 9.08. The number of nitrogens with zero attached hydrogens (tertiary/aromatic N) is 2. The number of thiophene rings is 1. The van der Waals surface area contributed by atoms with E-state index in [1.165, 1.54) is 25.4 Å². The summed E-state index contributed by atoms with van der Waals surface area (Å²) in [6.07, 6.45) is 0. The molecule has 15 heteroatoms. The Hall–Kier alpha value is -3.56. The van der Waals surface area contributed by atoms with E-state index in [0.29, 0.717) is 17.1 Å². The summed E-state index contributed by atoms with van der Waals surface area (Å²) in [6.45, 7) is 7.20. The summed E-state index contributed by atoms with van der Waals surface area (Å²) >= 11 is 1.98. The Balaban J connectivity index is 1.80. The van der Waals surface area contributed by atoms with Gasteiger partial charge in [-0.05, 0) is 51.5 Å². The molecule has 1 N–H and O–H groups in total. The molecule has 0 unspecified atom stereocenters. The molecule has 3 aromatic rings. The lowest BCUT2D eigenvalue weighted by atomic mass is 10.1. The number of carbonyl (C=O) groups excluding carboxylic acids is 4. The number of fused-ring (bicyclic) bond motifs is 1. The molecule has 2 heterocycles. The van der Waals surface area contributed by atoms with Crippen molar-refractivity contribution in [2.24, 2.45) is 4.99 Å². The normalized spacial score (nSPS) is 11.9. The number of sulfone groups is 1. The number of amides is 2. The predicted molar refractivity (Wildman–Crippen MR) is 151 cm³/mol. The Morgan fingerprint density at radius 2 is 1.68 bits per heavy atom. The average Bonchev–Trinajstić information content (AvgIpc) is 3.38. The van der Waals surface area contributed by atoms with E-state index >= 15 is 0 Å². The minimum atomic E-state index is -4.24. The minimum Gasteiger partial charge on any atom is -0.497 e. The molecule has 0 aliphatic carbocycles. The van der Waals surface area contributed by atoms with E-state index in [0.717, 1.165) is 21.6 Å². The Labute approximate surface area is 238 Å². The van der Waals surface area contributed by atoms with Crippen LogP contribution in [0.3, 0.4) is 0 Å². The number of methoxy groups -OCH3 is 1. The molecule has 0 aliphatic rings. The number of ether oxygens (including phenoxy) is 3. The second-order valence-electron chi connectivity index (χ2n) is 8.25. The SMILES string of the molecule is CCOC(=O)c1sc(NC(=O)CS(=O)(=O)CC(=O)N=c2sc3cc(OC)ccc3n2CC)c(C(=O)OCC)c1C. The Morgan fingerprint density at radius 1 is 1.00 bits per heavy atom. The lowest BCUT2D eigenvalue weighted by molar-refractivity contribution is -0.115. The monoisotopic (exact) mass is 611 g/mol. The lowest BCUT2D eigenvalue weighted by Crippen LogP contribution is -2.28. The topological polar surface area (TPSA) is 159 Å². The van der Waals surface area contributed by atoms with Gasteiger partial charge in [0.15, 0.2) is 14.6 Å². The van der Waals surface area contributed by atoms with Crippen LogP contribution in [0.15, 0.2) is 23.2 Å². The lowest BCUT2D eigenvalue weighted by Gasteiger charge is -2.07. The second kappa shape index (κ2) is 13.2. The van der Waals surface area contributed by atoms with Crippen LogP contribution in [0.1, 0.15) is 46.4 Å². The molecular formula is C25H29N3O9S3. The molecule has 0 radical (unpaired) electrons. The molecule has 0 aliphatic heterocycles. The van der Waals surface area contributed by atoms with E-state index in [4.69, 9.17) is 14.2 Å². The van der Waals surface area contributed by atoms with Gasteiger partial charge < -0.3 is 24.1 Å². The number of hydrogen-bond acceptors (Lipinski definition) is 11. The zero-order valence-electron chi connectivity index (χ0n) is 22.6. The Bertz CT molecular complexity index is 1630. The summed E-state index contributed by atoms with van der Waals surface area (Å²) in [4.78, 5) is 54.5. The van der Waals surface area contributed by atoms with Crippen LogP contribution >= 0.6 is 22.7 Å². The van der Waals surface area contributed by atoms with Gasteiger partial charge in [-0.25, -0.2) is 18.0 Å². The Kier molecular flexibility index (Phi) is 10.2. The molecule has 2 amide bonds. The van der Waals surface area contributed by atoms with Gasteiger partial charge in [0.1, 0.15) is 27.1 Å². The number of aryl methyl sites for hydroxylation is 1. The zero-order chi connectivity index (χ0) is 29.6. The first-order valence-electron chi connectivity index (χ1n) is 12.2. The van der Waals surface area contributed by atoms with Crippen molar-refractivity contribution in [2.75, 3.05) is 37.1 Å². The quantitative estimate of drug-likeness (QED) is 0.322. The maximum absolute atomic E-state index is 12.7. The maximum Gasteiger partial charge on any atom is 0.348 e. The summed E-state index contributed by atoms with van der Waals surface area (Å²) in [5.74, 6) is -4.82. The first-order chi connectivity index (χ1) is 18.9. The molecule has 40 heavy (non-hydrogen) atoms. The van der Waals surface area contributed by atoms with Crippen molar-refractivity contribution in [1.29, 1.82) is 0 Å². The molecule has 0 fully saturated rings. The molecule has 2 aromatic heterocycles. The van der Waals surface area contributed by atoms with Crippen molar-refractivity contribution in [2.45, 2.75) is 34.2 Å². The molecule has 0 atom stereocenters. The van der Waals surface area contributed by atoms with Crippen molar-refractivity contribution in [3.05, 3.63) is 39.0 Å². The van der Waals surface area contributed by atoms with Crippen LogP contribution in [-0.4, -0.2) is 68.6 Å². The van der Waals surface area contributed by atoms with E-state index in [1.54, 1.807) is 30.5 Å². The van der Waals surface area contributed by atoms with Crippen LogP contribution in [0.2, 0.25) is 0 Å². The van der Waals surface area contributed by atoms with Crippen LogP contribution in [0.5, 0.6) is 5.75 Å². The van der Waals surface area contributed by atoms with Crippen LogP contribution < -0.4 is 14.9 Å². The number of anilines is 1. The van der Waals surface area contributed by atoms with Crippen LogP contribution in [0, 0.1) is 6.92 Å². The van der Waals surface area contributed by atoms with E-state index in [9.17, 15) is 27.6 Å². The number of aromatic nitrogens is 1. The number of esters is 2. The molecule has 1 aromatic carbocycles. The second-order valence-corrected chi connectivity index (χ2v) is 12.3. The fourth-order valence-electron chi connectivity index (χ4n) is 3.75. The van der Waals surface area contributed by atoms with Gasteiger partial charge in [-0.15, -0.1) is 11.3 Å². The van der Waals surface area contributed by atoms with Crippen LogP contribution in [0.25, 0.3) is 10.2 Å². The van der Waals surface area contributed by atoms with Crippen molar-refractivity contribution in [3.8, 4) is 5.75 Å². The molecular weight excluding hydrogens is 582 g/mol. The van der Waals surface area contributed by atoms with Gasteiger partial charge in [0, 0.05) is 6.54 Å². The molecule has 0 bridgehead atoms. The highest BCUT2D eigenvalue weighted by molar-refractivity contribution is 7.92. The fraction of sp³-hybridized carbons (Fsp3) is 0.400. The minimum absolute atomic E-state index is 0.0433. The first-order valence-corrected chi connectivity index (χ1v) is 15.6. The van der Waals surface area contributed by atoms with Gasteiger partial charge in [-0.1, -0.05) is 11.3 Å². The van der Waals surface area contributed by atoms with Gasteiger partial charge in [0.2, 0.25) is 5.91 Å². The summed E-state index contributed by atoms with van der Waals surface area (Å²) in [6, 6.07) is 5.39. The maximum atomic E-state index is 12.7. The summed E-state index contributed by atoms with van der Waals surface area (Å²) in [5.41, 5.74) is 0.976. The van der Waals surface area contributed by atoms with Gasteiger partial charge in [-0.2, -0.15) is 4.99 Å². The van der Waals surface area contributed by atoms with Gasteiger partial charge in [-0.3, -0.25) is 9.59 Å². The number of carbonyl (C=O) groups is 4. The standard InChI is InChI=1S/C25H29N3O9S3/c1-6-28-16-10-9-15(35-5)11-17(16)38-25(28)27-19(30)13-40(33,34)12-18(29)26-22-20(23(31)36-7-2)14(4)21(39-22)24(32)37-8-3/h9-11H,6-8,12-13H2,1-5H3,(H,26,29). The van der Waals surface area contributed by atoms with Crippen molar-refractivity contribution < 1.29 is 41.8 Å². The molecule has 0 saturated carbocycles.